The summed E-state index contributed by atoms with van der Waals surface area (Å²) in [7, 11) is 0. The van der Waals surface area contributed by atoms with Gasteiger partial charge in [-0.05, 0) is 32.9 Å². The minimum atomic E-state index is -0.630. The summed E-state index contributed by atoms with van der Waals surface area (Å²) < 4.78 is 6.92. The lowest BCUT2D eigenvalue weighted by molar-refractivity contribution is 0.0635. The van der Waals surface area contributed by atoms with E-state index in [9.17, 15) is 9.59 Å². The Labute approximate surface area is 215 Å². The highest BCUT2D eigenvalue weighted by atomic mass is 32.1. The summed E-state index contributed by atoms with van der Waals surface area (Å²) >= 11 is 1.14. The molecule has 4 aromatic heterocycles. The number of hydrogen-bond acceptors (Lipinski definition) is 9. The first kappa shape index (κ1) is 24.2. The van der Waals surface area contributed by atoms with Gasteiger partial charge in [0.1, 0.15) is 16.8 Å². The molecule has 0 aliphatic rings. The van der Waals surface area contributed by atoms with Crippen LogP contribution in [0.3, 0.4) is 0 Å². The summed E-state index contributed by atoms with van der Waals surface area (Å²) in [5.74, 6) is -0.0253. The van der Waals surface area contributed by atoms with E-state index >= 15 is 0 Å². The van der Waals surface area contributed by atoms with Gasteiger partial charge in [0, 0.05) is 40.7 Å². The van der Waals surface area contributed by atoms with E-state index in [1.807, 2.05) is 30.5 Å². The number of hydrogen-bond donors (Lipinski definition) is 4. The van der Waals surface area contributed by atoms with Crippen molar-refractivity contribution in [3.8, 4) is 11.3 Å². The van der Waals surface area contributed by atoms with Gasteiger partial charge < -0.3 is 15.8 Å². The van der Waals surface area contributed by atoms with Crippen LogP contribution in [0.4, 0.5) is 15.7 Å². The van der Waals surface area contributed by atoms with E-state index in [2.05, 4.69) is 35.9 Å². The lowest BCUT2D eigenvalue weighted by atomic mass is 10.1. The van der Waals surface area contributed by atoms with Crippen molar-refractivity contribution < 1.29 is 14.3 Å². The molecule has 0 atom stereocenters. The summed E-state index contributed by atoms with van der Waals surface area (Å²) in [5.41, 5.74) is 8.98. The van der Waals surface area contributed by atoms with Crippen LogP contribution in [0, 0.1) is 0 Å². The van der Waals surface area contributed by atoms with Crippen LogP contribution in [0.1, 0.15) is 31.3 Å². The largest absolute Gasteiger partial charge is 0.444 e. The first-order valence-corrected chi connectivity index (χ1v) is 12.3. The van der Waals surface area contributed by atoms with Crippen LogP contribution in [0.2, 0.25) is 0 Å². The lowest BCUT2D eigenvalue weighted by Crippen LogP contribution is -2.28. The van der Waals surface area contributed by atoms with E-state index in [0.717, 1.165) is 38.9 Å². The average molecular weight is 520 g/mol. The van der Waals surface area contributed by atoms with E-state index < -0.39 is 11.7 Å². The minimum Gasteiger partial charge on any atom is -0.444 e. The number of H-pyrrole nitrogens is 1. The standard InChI is InChI=1S/C24H25N9O3S/c1-24(2,3)36-23(35)30-22-29-18(12-37-22)21(34)26-8-9-33-11-15-14-5-4-13(16-6-7-27-31-16)10-17(14)28-20(25)19(15)32-33/h4-7,10-12H,8-9H2,1-3H3,(H2,25,28)(H,26,34)(H,27,31)(H,29,30,35). The first-order chi connectivity index (χ1) is 17.7. The molecule has 12 nitrogen and oxygen atoms in total. The summed E-state index contributed by atoms with van der Waals surface area (Å²) in [5, 5.41) is 20.5. The molecule has 0 saturated heterocycles. The van der Waals surface area contributed by atoms with Gasteiger partial charge in [0.05, 0.1) is 17.8 Å². The zero-order valence-electron chi connectivity index (χ0n) is 20.4. The summed E-state index contributed by atoms with van der Waals surface area (Å²) in [4.78, 5) is 33.1. The van der Waals surface area contributed by atoms with Crippen LogP contribution in [-0.2, 0) is 11.3 Å². The highest BCUT2D eigenvalue weighted by Gasteiger charge is 2.18. The number of pyridine rings is 1. The van der Waals surface area contributed by atoms with Crippen LogP contribution in [0.15, 0.2) is 42.0 Å². The normalized spacial score (nSPS) is 11.6. The Morgan fingerprint density at radius 3 is 2.78 bits per heavy atom. The van der Waals surface area contributed by atoms with Crippen molar-refractivity contribution in [3.63, 3.8) is 0 Å². The molecule has 0 spiro atoms. The number of carbonyl (C=O) groups excluding carboxylic acids is 2. The van der Waals surface area contributed by atoms with Crippen molar-refractivity contribution in [2.75, 3.05) is 17.6 Å². The highest BCUT2D eigenvalue weighted by molar-refractivity contribution is 7.14. The predicted molar refractivity (Wildman–Crippen MR) is 141 cm³/mol. The van der Waals surface area contributed by atoms with Crippen LogP contribution < -0.4 is 16.4 Å². The molecule has 0 aliphatic heterocycles. The van der Waals surface area contributed by atoms with Gasteiger partial charge in [-0.3, -0.25) is 19.9 Å². The topological polar surface area (TPSA) is 166 Å². The van der Waals surface area contributed by atoms with Gasteiger partial charge in [-0.1, -0.05) is 12.1 Å². The van der Waals surface area contributed by atoms with Gasteiger partial charge in [-0.25, -0.2) is 14.8 Å². The Morgan fingerprint density at radius 1 is 1.19 bits per heavy atom. The summed E-state index contributed by atoms with van der Waals surface area (Å²) in [6.45, 7) is 6.03. The maximum atomic E-state index is 12.5. The third-order valence-corrected chi connectivity index (χ3v) is 6.07. The average Bonchev–Trinajstić information content (AvgIpc) is 3.58. The molecule has 1 aromatic carbocycles. The van der Waals surface area contributed by atoms with Gasteiger partial charge in [-0.15, -0.1) is 11.3 Å². The maximum Gasteiger partial charge on any atom is 0.413 e. The molecule has 5 N–H and O–H groups in total. The highest BCUT2D eigenvalue weighted by Crippen LogP contribution is 2.30. The zero-order chi connectivity index (χ0) is 26.2. The number of aromatic nitrogens is 6. The second-order valence-corrected chi connectivity index (χ2v) is 10.1. The molecule has 5 rings (SSSR count). The molecular formula is C24H25N9O3S. The van der Waals surface area contributed by atoms with Gasteiger partial charge in [0.2, 0.25) is 0 Å². The number of benzene rings is 1. The van der Waals surface area contributed by atoms with Gasteiger partial charge >= 0.3 is 6.09 Å². The monoisotopic (exact) mass is 519 g/mol. The van der Waals surface area contributed by atoms with Crippen molar-refractivity contribution in [2.24, 2.45) is 0 Å². The molecule has 13 heteroatoms. The van der Waals surface area contributed by atoms with Crippen molar-refractivity contribution in [3.05, 3.63) is 47.7 Å². The SMILES string of the molecule is CC(C)(C)OC(=O)Nc1nc(C(=O)NCCn2cc3c(n2)c(N)nc2cc(-c4ccn[nH]4)ccc23)cs1. The quantitative estimate of drug-likeness (QED) is 0.263. The number of nitrogen functional groups attached to an aromatic ring is 1. The van der Waals surface area contributed by atoms with E-state index in [1.165, 1.54) is 0 Å². The van der Waals surface area contributed by atoms with Crippen LogP contribution in [0.5, 0.6) is 0 Å². The number of nitrogens with two attached hydrogens (primary N) is 1. The van der Waals surface area contributed by atoms with Crippen LogP contribution in [0.25, 0.3) is 33.1 Å². The van der Waals surface area contributed by atoms with Crippen LogP contribution in [-0.4, -0.2) is 54.1 Å². The zero-order valence-corrected chi connectivity index (χ0v) is 21.2. The molecule has 0 saturated carbocycles. The molecule has 37 heavy (non-hydrogen) atoms. The fourth-order valence-corrected chi connectivity index (χ4v) is 4.42. The molecule has 0 bridgehead atoms. The molecule has 0 radical (unpaired) electrons. The minimum absolute atomic E-state index is 0.203. The van der Waals surface area contributed by atoms with Gasteiger partial charge in [0.15, 0.2) is 10.9 Å². The van der Waals surface area contributed by atoms with E-state index in [1.54, 1.807) is 37.0 Å². The summed E-state index contributed by atoms with van der Waals surface area (Å²) in [6, 6.07) is 7.82. The van der Waals surface area contributed by atoms with E-state index in [0.29, 0.717) is 24.4 Å². The van der Waals surface area contributed by atoms with E-state index in [4.69, 9.17) is 10.5 Å². The fraction of sp³-hybridized carbons (Fsp3) is 0.250. The number of rotatable bonds is 6. The van der Waals surface area contributed by atoms with Gasteiger partial charge in [0.25, 0.3) is 5.91 Å². The predicted octanol–water partition coefficient (Wildman–Crippen LogP) is 3.79. The molecule has 0 fully saturated rings. The van der Waals surface area contributed by atoms with Gasteiger partial charge in [-0.2, -0.15) is 10.2 Å². The maximum absolute atomic E-state index is 12.5. The Kier molecular flexibility index (Phi) is 6.21. The van der Waals surface area contributed by atoms with Crippen molar-refractivity contribution in [1.82, 2.24) is 35.3 Å². The number of thiazole rings is 1. The Bertz CT molecular complexity index is 1600. The lowest BCUT2D eigenvalue weighted by Gasteiger charge is -2.18. The van der Waals surface area contributed by atoms with Crippen molar-refractivity contribution in [1.29, 1.82) is 0 Å². The molecule has 2 amide bonds. The number of nitrogens with zero attached hydrogens (tertiary/aromatic N) is 5. The first-order valence-electron chi connectivity index (χ1n) is 11.5. The third kappa shape index (κ3) is 5.35. The fourth-order valence-electron chi connectivity index (χ4n) is 3.74. The number of carbonyl (C=O) groups is 2. The number of anilines is 2. The van der Waals surface area contributed by atoms with E-state index in [-0.39, 0.29) is 16.7 Å². The van der Waals surface area contributed by atoms with Crippen LogP contribution >= 0.6 is 11.3 Å². The molecule has 4 heterocycles. The second kappa shape index (κ2) is 9.50. The molecule has 0 unspecified atom stereocenters. The number of nitrogens with one attached hydrogen (secondary N) is 3. The third-order valence-electron chi connectivity index (χ3n) is 5.32. The number of fused-ring (bicyclic) bond motifs is 3. The smallest absolute Gasteiger partial charge is 0.413 e. The second-order valence-electron chi connectivity index (χ2n) is 9.27. The molecular weight excluding hydrogens is 494 g/mol. The number of amides is 2. The Morgan fingerprint density at radius 2 is 2.03 bits per heavy atom. The summed E-state index contributed by atoms with van der Waals surface area (Å²) in [6.07, 6.45) is 2.96. The Balaban J connectivity index is 1.24. The Hall–Kier alpha value is -4.52. The number of ether oxygens (including phenoxy) is 1. The molecule has 5 aromatic rings. The number of aromatic amines is 1. The van der Waals surface area contributed by atoms with Crippen molar-refractivity contribution in [2.45, 2.75) is 32.9 Å². The molecule has 0 aliphatic carbocycles. The molecule has 190 valence electrons. The van der Waals surface area contributed by atoms with Crippen molar-refractivity contribution >= 4 is 56.1 Å².